The molecular formula is C23H18F3N9O. The molecule has 0 unspecified atom stereocenters. The van der Waals surface area contributed by atoms with Crippen LogP contribution in [0.4, 0.5) is 19.0 Å². The lowest BCUT2D eigenvalue weighted by molar-refractivity contribution is -0.137. The first-order chi connectivity index (χ1) is 17.2. The van der Waals surface area contributed by atoms with Crippen LogP contribution in [0.15, 0.2) is 61.6 Å². The Morgan fingerprint density at radius 1 is 1.08 bits per heavy atom. The van der Waals surface area contributed by atoms with E-state index in [1.165, 1.54) is 29.6 Å². The number of anilines is 1. The quantitative estimate of drug-likeness (QED) is 0.394. The number of pyridine rings is 2. The number of carbonyl (C=O) groups is 1. The van der Waals surface area contributed by atoms with E-state index in [4.69, 9.17) is 5.73 Å². The molecule has 0 fully saturated rings. The van der Waals surface area contributed by atoms with E-state index in [1.54, 1.807) is 36.0 Å². The minimum Gasteiger partial charge on any atom is -0.382 e. The van der Waals surface area contributed by atoms with E-state index in [2.05, 4.69) is 29.9 Å². The molecule has 5 aromatic heterocycles. The number of nitrogen functional groups attached to an aromatic ring is 1. The summed E-state index contributed by atoms with van der Waals surface area (Å²) >= 11 is 0. The van der Waals surface area contributed by atoms with E-state index in [9.17, 15) is 18.0 Å². The summed E-state index contributed by atoms with van der Waals surface area (Å²) < 4.78 is 40.6. The summed E-state index contributed by atoms with van der Waals surface area (Å²) in [6.45, 7) is 1.62. The van der Waals surface area contributed by atoms with Crippen LogP contribution in [0.1, 0.15) is 40.5 Å². The number of imidazole rings is 1. The number of nitrogens with zero attached hydrogens (tertiary/aromatic N) is 8. The van der Waals surface area contributed by atoms with E-state index in [0.29, 0.717) is 22.4 Å². The summed E-state index contributed by atoms with van der Waals surface area (Å²) in [6.07, 6.45) is 3.83. The van der Waals surface area contributed by atoms with Gasteiger partial charge in [0, 0.05) is 18.6 Å². The van der Waals surface area contributed by atoms with Crippen LogP contribution in [-0.4, -0.2) is 45.1 Å². The second kappa shape index (κ2) is 8.83. The van der Waals surface area contributed by atoms with Crippen molar-refractivity contribution < 1.29 is 18.0 Å². The Bertz CT molecular complexity index is 1550. The fraction of sp³-hybridized carbons (Fsp3) is 0.174. The Morgan fingerprint density at radius 3 is 2.56 bits per heavy atom. The highest BCUT2D eigenvalue weighted by atomic mass is 19.4. The summed E-state index contributed by atoms with van der Waals surface area (Å²) in [5.41, 5.74) is 7.03. The zero-order chi connectivity index (χ0) is 25.4. The van der Waals surface area contributed by atoms with E-state index in [0.717, 1.165) is 12.3 Å². The van der Waals surface area contributed by atoms with Crippen molar-refractivity contribution in [3.05, 3.63) is 84.4 Å². The molecule has 0 aliphatic rings. The minimum atomic E-state index is -4.52. The zero-order valence-electron chi connectivity index (χ0n) is 18.8. The predicted octanol–water partition coefficient (Wildman–Crippen LogP) is 3.47. The molecule has 0 aliphatic carbocycles. The predicted molar refractivity (Wildman–Crippen MR) is 122 cm³/mol. The van der Waals surface area contributed by atoms with Crippen molar-refractivity contribution in [3.8, 4) is 0 Å². The highest BCUT2D eigenvalue weighted by Gasteiger charge is 2.31. The van der Waals surface area contributed by atoms with Gasteiger partial charge in [0.2, 0.25) is 0 Å². The van der Waals surface area contributed by atoms with Gasteiger partial charge in [-0.25, -0.2) is 24.9 Å². The average molecular weight is 493 g/mol. The molecule has 1 atom stereocenters. The van der Waals surface area contributed by atoms with Crippen molar-refractivity contribution in [2.24, 2.45) is 0 Å². The molecule has 2 N–H and O–H groups in total. The van der Waals surface area contributed by atoms with Crippen molar-refractivity contribution in [2.75, 3.05) is 5.73 Å². The Hall–Kier alpha value is -4.68. The van der Waals surface area contributed by atoms with Gasteiger partial charge in [-0.1, -0.05) is 0 Å². The smallest absolute Gasteiger partial charge is 0.382 e. The van der Waals surface area contributed by atoms with Gasteiger partial charge in [-0.2, -0.15) is 13.2 Å². The van der Waals surface area contributed by atoms with E-state index >= 15 is 0 Å². The third-order valence-electron chi connectivity index (χ3n) is 5.65. The number of hydrogen-bond acceptors (Lipinski definition) is 8. The van der Waals surface area contributed by atoms with Crippen LogP contribution in [-0.2, 0) is 12.7 Å². The molecule has 0 spiro atoms. The van der Waals surface area contributed by atoms with Gasteiger partial charge in [-0.15, -0.1) is 0 Å². The molecule has 0 bridgehead atoms. The maximum Gasteiger partial charge on any atom is 0.417 e. The molecule has 5 aromatic rings. The first kappa shape index (κ1) is 23.1. The number of halogens is 3. The van der Waals surface area contributed by atoms with Crippen LogP contribution in [0.25, 0.3) is 16.6 Å². The van der Waals surface area contributed by atoms with Crippen LogP contribution in [0, 0.1) is 0 Å². The minimum absolute atomic E-state index is 0.0822. The van der Waals surface area contributed by atoms with Crippen molar-refractivity contribution in [2.45, 2.75) is 25.7 Å². The van der Waals surface area contributed by atoms with Gasteiger partial charge in [0.1, 0.15) is 28.4 Å². The normalized spacial score (nSPS) is 12.7. The summed E-state index contributed by atoms with van der Waals surface area (Å²) in [5, 5.41) is 0. The standard InChI is InChI=1S/C23H18F3N9O/c1-13(21-29-5-2-6-30-21)34(11-15-4-3-14(8-31-15)23(24,25)26)22(36)16-7-18-17(9-32-16)33-20(27)19-10-28-12-35(18)19/h2-10,12-13H,11H2,1H3,(H2,27,33)/t13-/m0/s1. The number of carbonyl (C=O) groups excluding carboxylic acids is 1. The number of aromatic nitrogens is 7. The summed E-state index contributed by atoms with van der Waals surface area (Å²) in [5.74, 6) is 0.124. The average Bonchev–Trinajstić information content (AvgIpc) is 3.38. The van der Waals surface area contributed by atoms with Crippen LogP contribution >= 0.6 is 0 Å². The van der Waals surface area contributed by atoms with E-state index in [1.807, 2.05) is 0 Å². The zero-order valence-corrected chi connectivity index (χ0v) is 18.8. The van der Waals surface area contributed by atoms with Crippen LogP contribution in [0.2, 0.25) is 0 Å². The lowest BCUT2D eigenvalue weighted by Gasteiger charge is -2.28. The number of nitrogens with two attached hydrogens (primary N) is 1. The van der Waals surface area contributed by atoms with Gasteiger partial charge >= 0.3 is 6.18 Å². The summed E-state index contributed by atoms with van der Waals surface area (Å²) in [7, 11) is 0. The first-order valence-electron chi connectivity index (χ1n) is 10.7. The number of hydrogen-bond donors (Lipinski definition) is 1. The molecular weight excluding hydrogens is 475 g/mol. The van der Waals surface area contributed by atoms with Crippen molar-refractivity contribution >= 4 is 28.3 Å². The molecule has 182 valence electrons. The second-order valence-corrected chi connectivity index (χ2v) is 7.96. The Balaban J connectivity index is 1.55. The van der Waals surface area contributed by atoms with Crippen molar-refractivity contribution in [1.29, 1.82) is 0 Å². The SMILES string of the molecule is C[C@@H](c1ncccn1)N(Cc1ccc(C(F)(F)F)cn1)C(=O)c1cc2c(cn1)nc(N)c1cncn12. The summed E-state index contributed by atoms with van der Waals surface area (Å²) in [4.78, 5) is 40.1. The number of amides is 1. The van der Waals surface area contributed by atoms with Crippen molar-refractivity contribution in [3.63, 3.8) is 0 Å². The molecule has 0 aliphatic heterocycles. The molecule has 5 rings (SSSR count). The lowest BCUT2D eigenvalue weighted by Crippen LogP contribution is -2.35. The first-order valence-corrected chi connectivity index (χ1v) is 10.7. The largest absolute Gasteiger partial charge is 0.417 e. The summed E-state index contributed by atoms with van der Waals surface area (Å²) in [6, 6.07) is 4.72. The third kappa shape index (κ3) is 4.26. The maximum absolute atomic E-state index is 13.7. The molecule has 0 saturated carbocycles. The molecule has 0 radical (unpaired) electrons. The molecule has 36 heavy (non-hydrogen) atoms. The monoisotopic (exact) mass is 493 g/mol. The highest BCUT2D eigenvalue weighted by molar-refractivity contribution is 5.96. The second-order valence-electron chi connectivity index (χ2n) is 7.96. The van der Waals surface area contributed by atoms with E-state index in [-0.39, 0.29) is 23.8 Å². The molecule has 1 amide bonds. The number of fused-ring (bicyclic) bond motifs is 3. The maximum atomic E-state index is 13.7. The molecule has 0 saturated heterocycles. The highest BCUT2D eigenvalue weighted by Crippen LogP contribution is 2.29. The van der Waals surface area contributed by atoms with Crippen LogP contribution in [0.3, 0.4) is 0 Å². The Labute approximate surface area is 201 Å². The van der Waals surface area contributed by atoms with Gasteiger partial charge in [-0.05, 0) is 31.2 Å². The molecule has 0 aromatic carbocycles. The molecule has 13 heteroatoms. The van der Waals surface area contributed by atoms with Gasteiger partial charge in [0.15, 0.2) is 0 Å². The lowest BCUT2D eigenvalue weighted by atomic mass is 10.1. The van der Waals surface area contributed by atoms with Gasteiger partial charge in [0.05, 0.1) is 48.1 Å². The van der Waals surface area contributed by atoms with Crippen LogP contribution in [0.5, 0.6) is 0 Å². The third-order valence-corrected chi connectivity index (χ3v) is 5.65. The number of alkyl halides is 3. The fourth-order valence-corrected chi connectivity index (χ4v) is 3.75. The fourth-order valence-electron chi connectivity index (χ4n) is 3.75. The van der Waals surface area contributed by atoms with Gasteiger partial charge < -0.3 is 10.6 Å². The van der Waals surface area contributed by atoms with Crippen LogP contribution < -0.4 is 5.73 Å². The van der Waals surface area contributed by atoms with Gasteiger partial charge in [-0.3, -0.25) is 14.2 Å². The number of rotatable bonds is 5. The Kier molecular flexibility index (Phi) is 5.66. The molecule has 10 nitrogen and oxygen atoms in total. The Morgan fingerprint density at radius 2 is 1.86 bits per heavy atom. The van der Waals surface area contributed by atoms with E-state index < -0.39 is 23.7 Å². The topological polar surface area (TPSA) is 128 Å². The molecule has 5 heterocycles. The van der Waals surface area contributed by atoms with Crippen molar-refractivity contribution in [1.82, 2.24) is 39.2 Å². The van der Waals surface area contributed by atoms with Gasteiger partial charge in [0.25, 0.3) is 5.91 Å².